The molecule has 0 spiro atoms. The van der Waals surface area contributed by atoms with Gasteiger partial charge in [0, 0.05) is 0 Å². The van der Waals surface area contributed by atoms with Crippen molar-refractivity contribution in [1.82, 2.24) is 0 Å². The van der Waals surface area contributed by atoms with Crippen molar-refractivity contribution in [2.24, 2.45) is 34.5 Å². The molecule has 0 N–H and O–H groups in total. The van der Waals surface area contributed by atoms with Gasteiger partial charge in [0.2, 0.25) is 0 Å². The Bertz CT molecular complexity index is 627. The van der Waals surface area contributed by atoms with Crippen LogP contribution < -0.4 is 0 Å². The first-order valence-electron chi connectivity index (χ1n) is 10.6. The van der Waals surface area contributed by atoms with Gasteiger partial charge >= 0.3 is 0 Å². The number of hydrogen-bond donors (Lipinski definition) is 0. The fourth-order valence-corrected chi connectivity index (χ4v) is 7.34. The van der Waals surface area contributed by atoms with E-state index >= 15 is 0 Å². The Balaban J connectivity index is 1.59. The first kappa shape index (κ1) is 18.8. The molecule has 4 heterocycles. The van der Waals surface area contributed by atoms with Crippen molar-refractivity contribution in [3.63, 3.8) is 0 Å². The van der Waals surface area contributed by atoms with Crippen LogP contribution in [0, 0.1) is 34.5 Å². The highest BCUT2D eigenvalue weighted by Crippen LogP contribution is 2.60. The molecule has 2 fully saturated rings. The predicted octanol–water partition coefficient (Wildman–Crippen LogP) is 4.42. The molecule has 9 atom stereocenters. The summed E-state index contributed by atoms with van der Waals surface area (Å²) in [5, 5.41) is 0.251. The fraction of sp³-hybridized carbons (Fsp3) is 0.826. The average Bonchev–Trinajstić information content (AvgIpc) is 3.23. The van der Waals surface area contributed by atoms with E-state index < -0.39 is 0 Å². The molecule has 0 aromatic carbocycles. The van der Waals surface area contributed by atoms with Crippen LogP contribution in [0.5, 0.6) is 0 Å². The van der Waals surface area contributed by atoms with Gasteiger partial charge in [-0.2, -0.15) is 0 Å². The molecule has 4 rings (SSSR count). The van der Waals surface area contributed by atoms with Crippen LogP contribution >= 0.6 is 0 Å². The molecule has 3 heteroatoms. The zero-order valence-corrected chi connectivity index (χ0v) is 18.0. The molecule has 0 aliphatic carbocycles. The van der Waals surface area contributed by atoms with Gasteiger partial charge in [0.15, 0.2) is 0 Å². The minimum atomic E-state index is 0.233. The van der Waals surface area contributed by atoms with Gasteiger partial charge in [0.25, 0.3) is 0 Å². The number of fused-ring (bicyclic) bond motifs is 4. The van der Waals surface area contributed by atoms with E-state index in [1.54, 1.807) is 0 Å². The Labute approximate surface area is 161 Å². The molecule has 2 saturated heterocycles. The Morgan fingerprint density at radius 2 is 1.19 bits per heavy atom. The second-order valence-corrected chi connectivity index (χ2v) is 11.9. The summed E-state index contributed by atoms with van der Waals surface area (Å²) in [5.41, 5.74) is 0.499. The maximum Gasteiger partial charge on any atom is 0.109 e. The lowest BCUT2D eigenvalue weighted by molar-refractivity contribution is 0.0436. The van der Waals surface area contributed by atoms with Gasteiger partial charge in [-0.25, -0.2) is 0 Å². The quantitative estimate of drug-likeness (QED) is 0.548. The van der Waals surface area contributed by atoms with Gasteiger partial charge < -0.3 is 9.47 Å². The van der Waals surface area contributed by atoms with Gasteiger partial charge in [-0.1, -0.05) is 78.1 Å². The lowest BCUT2D eigenvalue weighted by Crippen LogP contribution is -2.45. The minimum Gasteiger partial charge on any atom is -0.366 e. The summed E-state index contributed by atoms with van der Waals surface area (Å²) in [7, 11) is 2.48. The van der Waals surface area contributed by atoms with Crippen molar-refractivity contribution in [2.45, 2.75) is 84.6 Å². The average molecular weight is 356 g/mol. The van der Waals surface area contributed by atoms with E-state index in [-0.39, 0.29) is 16.1 Å². The fourth-order valence-electron chi connectivity index (χ4n) is 7.34. The summed E-state index contributed by atoms with van der Waals surface area (Å²) in [6.07, 6.45) is 11.7. The molecule has 4 bridgehead atoms. The Kier molecular flexibility index (Phi) is 4.15. The summed E-state index contributed by atoms with van der Waals surface area (Å²) >= 11 is 0. The Hall–Kier alpha value is -0.535. The van der Waals surface area contributed by atoms with Gasteiger partial charge in [-0.05, 0) is 40.9 Å². The summed E-state index contributed by atoms with van der Waals surface area (Å²) < 4.78 is 12.6. The first-order valence-corrected chi connectivity index (χ1v) is 10.6. The Morgan fingerprint density at radius 1 is 0.731 bits per heavy atom. The summed E-state index contributed by atoms with van der Waals surface area (Å²) in [4.78, 5) is 0. The van der Waals surface area contributed by atoms with Crippen LogP contribution in [0.1, 0.15) is 54.9 Å². The van der Waals surface area contributed by atoms with E-state index in [1.807, 2.05) is 0 Å². The van der Waals surface area contributed by atoms with E-state index in [0.717, 1.165) is 0 Å². The van der Waals surface area contributed by atoms with Crippen LogP contribution in [0.15, 0.2) is 24.3 Å². The lowest BCUT2D eigenvalue weighted by Gasteiger charge is -2.49. The van der Waals surface area contributed by atoms with Gasteiger partial charge in [-0.3, -0.25) is 0 Å². The third-order valence-corrected chi connectivity index (χ3v) is 7.86. The highest BCUT2D eigenvalue weighted by Gasteiger charge is 2.58. The topological polar surface area (TPSA) is 18.5 Å². The van der Waals surface area contributed by atoms with E-state index in [2.05, 4.69) is 80.6 Å². The molecule has 4 aliphatic rings. The third-order valence-electron chi connectivity index (χ3n) is 7.86. The first-order chi connectivity index (χ1) is 11.9. The van der Waals surface area contributed by atoms with Gasteiger partial charge in [0.05, 0.1) is 24.4 Å². The van der Waals surface area contributed by atoms with Crippen LogP contribution in [0.25, 0.3) is 0 Å². The second kappa shape index (κ2) is 5.73. The van der Waals surface area contributed by atoms with Crippen molar-refractivity contribution >= 4 is 7.85 Å². The summed E-state index contributed by atoms with van der Waals surface area (Å²) in [6.45, 7) is 17.0. The molecule has 2 nitrogen and oxygen atoms in total. The highest BCUT2D eigenvalue weighted by atomic mass is 16.5. The standard InChI is InChI=1S/C23H37BO2/c1-13-14-8-9-15(25-14)18(13)23(7,24)12-22(5,6)20-17-11-10-16(26-17)19(20)21(2,3)4/h8-11,13-20H,12,24H2,1-7H3. The third kappa shape index (κ3) is 2.76. The van der Waals surface area contributed by atoms with Crippen LogP contribution in [-0.4, -0.2) is 32.3 Å². The maximum atomic E-state index is 6.37. The molecule has 0 saturated carbocycles. The van der Waals surface area contributed by atoms with Crippen molar-refractivity contribution in [2.75, 3.05) is 0 Å². The number of rotatable bonds is 4. The zero-order valence-electron chi connectivity index (χ0n) is 18.0. The predicted molar refractivity (Wildman–Crippen MR) is 110 cm³/mol. The molecule has 144 valence electrons. The highest BCUT2D eigenvalue weighted by molar-refractivity contribution is 6.15. The maximum absolute atomic E-state index is 6.37. The smallest absolute Gasteiger partial charge is 0.109 e. The molecular weight excluding hydrogens is 319 g/mol. The Morgan fingerprint density at radius 3 is 1.69 bits per heavy atom. The van der Waals surface area contributed by atoms with Crippen molar-refractivity contribution < 1.29 is 9.47 Å². The van der Waals surface area contributed by atoms with Crippen molar-refractivity contribution in [1.29, 1.82) is 0 Å². The van der Waals surface area contributed by atoms with Crippen molar-refractivity contribution in [3.05, 3.63) is 24.3 Å². The second-order valence-electron chi connectivity index (χ2n) is 11.9. The molecule has 9 unspecified atom stereocenters. The number of ether oxygens (including phenoxy) is 2. The molecular formula is C23H37BO2. The normalized spacial score (nSPS) is 46.3. The van der Waals surface area contributed by atoms with Crippen LogP contribution in [0.3, 0.4) is 0 Å². The molecule has 0 amide bonds. The SMILES string of the molecule is BC(C)(CC(C)(C)C1C2C=CC(O2)C1C(C)(C)C)C1C2C=CC(O2)C1C. The largest absolute Gasteiger partial charge is 0.366 e. The van der Waals surface area contributed by atoms with Crippen molar-refractivity contribution in [3.8, 4) is 0 Å². The van der Waals surface area contributed by atoms with Crippen LogP contribution in [0.4, 0.5) is 0 Å². The molecule has 0 radical (unpaired) electrons. The molecule has 4 aliphatic heterocycles. The van der Waals surface area contributed by atoms with Gasteiger partial charge in [0.1, 0.15) is 7.85 Å². The minimum absolute atomic E-state index is 0.233. The molecule has 0 aromatic heterocycles. The van der Waals surface area contributed by atoms with Crippen LogP contribution in [-0.2, 0) is 9.47 Å². The van der Waals surface area contributed by atoms with E-state index in [1.165, 1.54) is 6.42 Å². The number of hydrogen-bond acceptors (Lipinski definition) is 2. The monoisotopic (exact) mass is 356 g/mol. The molecule has 0 aromatic rings. The van der Waals surface area contributed by atoms with E-state index in [9.17, 15) is 0 Å². The molecule has 26 heavy (non-hydrogen) atoms. The van der Waals surface area contributed by atoms with Crippen LogP contribution in [0.2, 0.25) is 5.31 Å². The lowest BCUT2D eigenvalue weighted by atomic mass is 9.48. The summed E-state index contributed by atoms with van der Waals surface area (Å²) in [5.74, 6) is 2.41. The zero-order chi connectivity index (χ0) is 19.1. The van der Waals surface area contributed by atoms with Gasteiger partial charge in [-0.15, -0.1) is 0 Å². The summed E-state index contributed by atoms with van der Waals surface area (Å²) in [6, 6.07) is 0. The van der Waals surface area contributed by atoms with E-state index in [4.69, 9.17) is 9.47 Å². The van der Waals surface area contributed by atoms with E-state index in [0.29, 0.717) is 48.1 Å².